The molecule has 0 saturated heterocycles. The number of carbonyl (C=O) groups excluding carboxylic acids is 2. The van der Waals surface area contributed by atoms with Crippen molar-refractivity contribution >= 4 is 40.7 Å². The first-order valence-electron chi connectivity index (χ1n) is 12.0. The first-order valence-corrected chi connectivity index (χ1v) is 12.4. The van der Waals surface area contributed by atoms with E-state index >= 15 is 0 Å². The van der Waals surface area contributed by atoms with Gasteiger partial charge in [0.05, 0.1) is 23.5 Å². The van der Waals surface area contributed by atoms with Crippen LogP contribution in [0.15, 0.2) is 67.5 Å². The number of hydrogen-bond donors (Lipinski definition) is 2. The van der Waals surface area contributed by atoms with Gasteiger partial charge in [0.15, 0.2) is 0 Å². The summed E-state index contributed by atoms with van der Waals surface area (Å²) in [6, 6.07) is 13.8. The molecule has 186 valence electrons. The number of rotatable bonds is 8. The summed E-state index contributed by atoms with van der Waals surface area (Å²) in [5.41, 5.74) is 4.66. The maximum Gasteiger partial charge on any atom is 0.224 e. The number of halogens is 1. The van der Waals surface area contributed by atoms with E-state index in [4.69, 9.17) is 11.6 Å². The molecular weight excluding hydrogens is 474 g/mol. The number of fused-ring (bicyclic) bond motifs is 1. The van der Waals surface area contributed by atoms with E-state index in [1.165, 1.54) is 0 Å². The minimum atomic E-state index is -0.0918. The molecule has 0 fully saturated rings. The summed E-state index contributed by atoms with van der Waals surface area (Å²) < 4.78 is 0. The number of anilines is 3. The average molecular weight is 504 g/mol. The van der Waals surface area contributed by atoms with Crippen LogP contribution in [0.3, 0.4) is 0 Å². The van der Waals surface area contributed by atoms with Gasteiger partial charge in [0, 0.05) is 31.3 Å². The fourth-order valence-electron chi connectivity index (χ4n) is 4.45. The summed E-state index contributed by atoms with van der Waals surface area (Å²) in [5, 5.41) is 6.84. The van der Waals surface area contributed by atoms with Crippen LogP contribution in [0.4, 0.5) is 17.3 Å². The molecule has 4 rings (SSSR count). The van der Waals surface area contributed by atoms with E-state index < -0.39 is 0 Å². The summed E-state index contributed by atoms with van der Waals surface area (Å²) in [7, 11) is 0. The van der Waals surface area contributed by atoms with Gasteiger partial charge in [0.2, 0.25) is 17.8 Å². The van der Waals surface area contributed by atoms with E-state index in [0.717, 1.165) is 40.9 Å². The van der Waals surface area contributed by atoms with Crippen molar-refractivity contribution in [3.8, 4) is 11.1 Å². The van der Waals surface area contributed by atoms with Crippen molar-refractivity contribution in [3.63, 3.8) is 0 Å². The highest BCUT2D eigenvalue weighted by molar-refractivity contribution is 6.30. The molecule has 0 spiro atoms. The SMILES string of the molecule is C=CCCCC(=O)Nc1ccc(-c2ccc3c(c2)C(Nc2ncc(Cl)cn2)[C@H](C)CN3C(C)=O)cc1. The van der Waals surface area contributed by atoms with Gasteiger partial charge >= 0.3 is 0 Å². The van der Waals surface area contributed by atoms with Crippen molar-refractivity contribution in [2.24, 2.45) is 5.92 Å². The normalized spacial score (nSPS) is 16.7. The highest BCUT2D eigenvalue weighted by atomic mass is 35.5. The van der Waals surface area contributed by atoms with Gasteiger partial charge in [0.1, 0.15) is 0 Å². The zero-order valence-corrected chi connectivity index (χ0v) is 21.3. The second-order valence-electron chi connectivity index (χ2n) is 9.03. The van der Waals surface area contributed by atoms with Crippen molar-refractivity contribution in [3.05, 3.63) is 78.1 Å². The quantitative estimate of drug-likeness (QED) is 0.280. The van der Waals surface area contributed by atoms with Crippen molar-refractivity contribution in [2.75, 3.05) is 22.1 Å². The minimum absolute atomic E-state index is 0.00460. The van der Waals surface area contributed by atoms with Crippen LogP contribution in [-0.2, 0) is 9.59 Å². The largest absolute Gasteiger partial charge is 0.347 e. The number of unbranched alkanes of at least 4 members (excludes halogenated alkanes) is 1. The Morgan fingerprint density at radius 2 is 1.83 bits per heavy atom. The van der Waals surface area contributed by atoms with Crippen LogP contribution < -0.4 is 15.5 Å². The van der Waals surface area contributed by atoms with Gasteiger partial charge in [-0.3, -0.25) is 9.59 Å². The molecule has 2 N–H and O–H groups in total. The standard InChI is InChI=1S/C28H30ClN5O2/c1-4-5-6-7-26(36)32-23-11-8-20(9-12-23)21-10-13-25-24(14-21)27(18(2)17-34(25)19(3)35)33-28-30-15-22(29)16-31-28/h4,8-16,18,27H,1,5-7,17H2,2-3H3,(H,32,36)(H,30,31,33)/t18-,27?/m1/s1. The van der Waals surface area contributed by atoms with Crippen molar-refractivity contribution < 1.29 is 9.59 Å². The molecule has 36 heavy (non-hydrogen) atoms. The molecule has 2 aromatic carbocycles. The van der Waals surface area contributed by atoms with Crippen LogP contribution in [0.5, 0.6) is 0 Å². The Labute approximate surface area is 216 Å². The molecule has 2 amide bonds. The molecule has 8 heteroatoms. The zero-order valence-electron chi connectivity index (χ0n) is 20.5. The van der Waals surface area contributed by atoms with Gasteiger partial charge < -0.3 is 15.5 Å². The van der Waals surface area contributed by atoms with E-state index in [0.29, 0.717) is 23.9 Å². The van der Waals surface area contributed by atoms with Gasteiger partial charge in [-0.1, -0.05) is 42.8 Å². The van der Waals surface area contributed by atoms with Crippen LogP contribution in [0, 0.1) is 5.92 Å². The first kappa shape index (κ1) is 25.4. The second-order valence-corrected chi connectivity index (χ2v) is 9.47. The predicted octanol–water partition coefficient (Wildman–Crippen LogP) is 6.25. The lowest BCUT2D eigenvalue weighted by Gasteiger charge is -2.39. The highest BCUT2D eigenvalue weighted by Gasteiger charge is 2.33. The molecule has 1 unspecified atom stereocenters. The van der Waals surface area contributed by atoms with Gasteiger partial charge in [-0.2, -0.15) is 0 Å². The van der Waals surface area contributed by atoms with Gasteiger partial charge in [-0.05, 0) is 59.7 Å². The van der Waals surface area contributed by atoms with E-state index in [1.807, 2.05) is 47.4 Å². The lowest BCUT2D eigenvalue weighted by atomic mass is 9.86. The zero-order chi connectivity index (χ0) is 25.7. The number of nitrogens with zero attached hydrogens (tertiary/aromatic N) is 3. The maximum atomic E-state index is 12.4. The number of carbonyl (C=O) groups is 2. The number of aromatic nitrogens is 2. The van der Waals surface area contributed by atoms with E-state index in [1.54, 1.807) is 19.3 Å². The van der Waals surface area contributed by atoms with Crippen molar-refractivity contribution in [1.29, 1.82) is 0 Å². The molecule has 1 aliphatic rings. The molecule has 0 bridgehead atoms. The summed E-state index contributed by atoms with van der Waals surface area (Å²) >= 11 is 5.95. The Balaban J connectivity index is 1.60. The van der Waals surface area contributed by atoms with Crippen LogP contribution in [0.2, 0.25) is 5.02 Å². The second kappa shape index (κ2) is 11.4. The molecule has 7 nitrogen and oxygen atoms in total. The Hall–Kier alpha value is -3.71. The fourth-order valence-corrected chi connectivity index (χ4v) is 4.55. The van der Waals surface area contributed by atoms with Crippen LogP contribution in [0.1, 0.15) is 44.7 Å². The third-order valence-corrected chi connectivity index (χ3v) is 6.49. The summed E-state index contributed by atoms with van der Waals surface area (Å²) in [6.07, 6.45) is 7.01. The topological polar surface area (TPSA) is 87.2 Å². The van der Waals surface area contributed by atoms with Crippen molar-refractivity contribution in [1.82, 2.24) is 9.97 Å². The third-order valence-electron chi connectivity index (χ3n) is 6.29. The predicted molar refractivity (Wildman–Crippen MR) is 145 cm³/mol. The molecule has 2 atom stereocenters. The molecule has 0 aliphatic carbocycles. The monoisotopic (exact) mass is 503 g/mol. The van der Waals surface area contributed by atoms with Crippen LogP contribution in [-0.4, -0.2) is 28.3 Å². The average Bonchev–Trinajstić information content (AvgIpc) is 2.87. The molecule has 0 radical (unpaired) electrons. The third kappa shape index (κ3) is 5.91. The van der Waals surface area contributed by atoms with Gasteiger partial charge in [-0.25, -0.2) is 9.97 Å². The van der Waals surface area contributed by atoms with Gasteiger partial charge in [0.25, 0.3) is 0 Å². The molecular formula is C28H30ClN5O2. The van der Waals surface area contributed by atoms with Crippen LogP contribution in [0.25, 0.3) is 11.1 Å². The van der Waals surface area contributed by atoms with E-state index in [2.05, 4.69) is 40.2 Å². The first-order chi connectivity index (χ1) is 17.4. The Bertz CT molecular complexity index is 1240. The smallest absolute Gasteiger partial charge is 0.224 e. The highest BCUT2D eigenvalue weighted by Crippen LogP contribution is 2.41. The Morgan fingerprint density at radius 3 is 2.50 bits per heavy atom. The molecule has 1 aliphatic heterocycles. The number of hydrogen-bond acceptors (Lipinski definition) is 5. The van der Waals surface area contributed by atoms with E-state index in [-0.39, 0.29) is 23.8 Å². The summed E-state index contributed by atoms with van der Waals surface area (Å²) in [6.45, 7) is 7.97. The number of amides is 2. The lowest BCUT2D eigenvalue weighted by Crippen LogP contribution is -2.41. The fraction of sp³-hybridized carbons (Fsp3) is 0.286. The van der Waals surface area contributed by atoms with Crippen molar-refractivity contribution in [2.45, 2.75) is 39.2 Å². The number of nitrogens with one attached hydrogen (secondary N) is 2. The van der Waals surface area contributed by atoms with Gasteiger partial charge in [-0.15, -0.1) is 6.58 Å². The summed E-state index contributed by atoms with van der Waals surface area (Å²) in [5.74, 6) is 0.604. The summed E-state index contributed by atoms with van der Waals surface area (Å²) in [4.78, 5) is 34.9. The maximum absolute atomic E-state index is 12.4. The minimum Gasteiger partial charge on any atom is -0.347 e. The molecule has 1 aromatic heterocycles. The Morgan fingerprint density at radius 1 is 1.14 bits per heavy atom. The van der Waals surface area contributed by atoms with E-state index in [9.17, 15) is 9.59 Å². The van der Waals surface area contributed by atoms with Crippen LogP contribution >= 0.6 is 11.6 Å². The Kier molecular flexibility index (Phi) is 8.00. The molecule has 0 saturated carbocycles. The molecule has 2 heterocycles. The lowest BCUT2D eigenvalue weighted by molar-refractivity contribution is -0.117. The number of allylic oxidation sites excluding steroid dienone is 1. The number of benzene rings is 2. The molecule has 3 aromatic rings.